The van der Waals surface area contributed by atoms with Crippen LogP contribution in [0.15, 0.2) is 70.2 Å². The molecule has 0 radical (unpaired) electrons. The molecule has 0 amide bonds. The number of benzene rings is 2. The van der Waals surface area contributed by atoms with Crippen molar-refractivity contribution in [1.82, 2.24) is 5.16 Å². The van der Waals surface area contributed by atoms with E-state index in [2.05, 4.69) is 10.1 Å². The van der Waals surface area contributed by atoms with Crippen molar-refractivity contribution in [2.45, 2.75) is 6.92 Å². The van der Waals surface area contributed by atoms with Gasteiger partial charge in [-0.3, -0.25) is 4.99 Å². The number of aryl methyl sites for hydroxylation is 1. The molecule has 3 nitrogen and oxygen atoms in total. The molecule has 0 unspecified atom stereocenters. The SMILES string of the molecule is Cc1cc(/C=C(\N=Cc2ccccc2)c2ccc(Cl)cc2)on1. The van der Waals surface area contributed by atoms with E-state index in [9.17, 15) is 0 Å². The third-order valence-electron chi connectivity index (χ3n) is 3.22. The Hall–Kier alpha value is -2.65. The van der Waals surface area contributed by atoms with Crippen molar-refractivity contribution < 1.29 is 4.52 Å². The van der Waals surface area contributed by atoms with Gasteiger partial charge in [-0.2, -0.15) is 0 Å². The third-order valence-corrected chi connectivity index (χ3v) is 3.47. The van der Waals surface area contributed by atoms with Crippen molar-refractivity contribution in [3.05, 3.63) is 88.3 Å². The van der Waals surface area contributed by atoms with Gasteiger partial charge in [0.25, 0.3) is 0 Å². The summed E-state index contributed by atoms with van der Waals surface area (Å²) in [5.74, 6) is 0.665. The molecule has 0 aliphatic carbocycles. The first-order valence-corrected chi connectivity index (χ1v) is 7.58. The fraction of sp³-hybridized carbons (Fsp3) is 0.0526. The molecule has 0 N–H and O–H groups in total. The summed E-state index contributed by atoms with van der Waals surface area (Å²) < 4.78 is 5.27. The second kappa shape index (κ2) is 7.07. The van der Waals surface area contributed by atoms with Crippen molar-refractivity contribution in [3.8, 4) is 0 Å². The highest BCUT2D eigenvalue weighted by molar-refractivity contribution is 6.30. The third kappa shape index (κ3) is 4.18. The Morgan fingerprint density at radius 1 is 1.09 bits per heavy atom. The molecule has 1 heterocycles. The monoisotopic (exact) mass is 322 g/mol. The maximum atomic E-state index is 5.97. The van der Waals surface area contributed by atoms with Gasteiger partial charge in [0.1, 0.15) is 0 Å². The molecule has 0 saturated carbocycles. The van der Waals surface area contributed by atoms with Crippen LogP contribution < -0.4 is 0 Å². The molecule has 23 heavy (non-hydrogen) atoms. The standard InChI is InChI=1S/C19H15ClN2O/c1-14-11-18(23-22-14)12-19(16-7-9-17(20)10-8-16)21-13-15-5-3-2-4-6-15/h2-13H,1H3/b19-12-,21-13?. The molecule has 0 aliphatic rings. The number of aromatic nitrogens is 1. The fourth-order valence-electron chi connectivity index (χ4n) is 2.09. The number of halogens is 1. The molecule has 4 heteroatoms. The predicted molar refractivity (Wildman–Crippen MR) is 94.6 cm³/mol. The lowest BCUT2D eigenvalue weighted by atomic mass is 10.1. The van der Waals surface area contributed by atoms with Crippen LogP contribution in [0.5, 0.6) is 0 Å². The Labute approximate surface area is 139 Å². The number of aliphatic imine (C=N–C) groups is 1. The molecule has 0 spiro atoms. The zero-order chi connectivity index (χ0) is 16.1. The fourth-order valence-corrected chi connectivity index (χ4v) is 2.21. The Morgan fingerprint density at radius 2 is 1.83 bits per heavy atom. The minimum atomic E-state index is 0.665. The molecule has 1 aromatic heterocycles. The summed E-state index contributed by atoms with van der Waals surface area (Å²) in [4.78, 5) is 4.60. The van der Waals surface area contributed by atoms with Crippen molar-refractivity contribution >= 4 is 29.6 Å². The van der Waals surface area contributed by atoms with Crippen LogP contribution in [0, 0.1) is 6.92 Å². The largest absolute Gasteiger partial charge is 0.357 e. The molecule has 3 rings (SSSR count). The van der Waals surface area contributed by atoms with E-state index < -0.39 is 0 Å². The quantitative estimate of drug-likeness (QED) is 0.615. The van der Waals surface area contributed by atoms with Crippen molar-refractivity contribution in [3.63, 3.8) is 0 Å². The van der Waals surface area contributed by atoms with Gasteiger partial charge in [0, 0.05) is 28.9 Å². The van der Waals surface area contributed by atoms with Gasteiger partial charge in [-0.15, -0.1) is 0 Å². The van der Waals surface area contributed by atoms with Gasteiger partial charge < -0.3 is 4.52 Å². The lowest BCUT2D eigenvalue weighted by Gasteiger charge is -2.02. The van der Waals surface area contributed by atoms with E-state index in [1.54, 1.807) is 0 Å². The summed E-state index contributed by atoms with van der Waals surface area (Å²) in [6.07, 6.45) is 3.69. The zero-order valence-electron chi connectivity index (χ0n) is 12.6. The summed E-state index contributed by atoms with van der Waals surface area (Å²) in [5.41, 5.74) is 3.59. The predicted octanol–water partition coefficient (Wildman–Crippen LogP) is 5.25. The van der Waals surface area contributed by atoms with Crippen LogP contribution in [-0.2, 0) is 0 Å². The van der Waals surface area contributed by atoms with Crippen molar-refractivity contribution in [2.24, 2.45) is 4.99 Å². The minimum absolute atomic E-state index is 0.665. The first-order valence-electron chi connectivity index (χ1n) is 7.21. The first-order chi connectivity index (χ1) is 11.2. The summed E-state index contributed by atoms with van der Waals surface area (Å²) >= 11 is 5.97. The summed E-state index contributed by atoms with van der Waals surface area (Å²) in [5, 5.41) is 4.59. The Morgan fingerprint density at radius 3 is 2.48 bits per heavy atom. The second-order valence-corrected chi connectivity index (χ2v) is 5.51. The molecule has 0 aliphatic heterocycles. The Kier molecular flexibility index (Phi) is 4.69. The normalized spacial score (nSPS) is 12.0. The van der Waals surface area contributed by atoms with Crippen LogP contribution >= 0.6 is 11.6 Å². The molecular weight excluding hydrogens is 308 g/mol. The maximum Gasteiger partial charge on any atom is 0.162 e. The van der Waals surface area contributed by atoms with E-state index >= 15 is 0 Å². The van der Waals surface area contributed by atoms with Crippen LogP contribution in [0.2, 0.25) is 5.02 Å². The van der Waals surface area contributed by atoms with Crippen LogP contribution in [0.4, 0.5) is 0 Å². The molecule has 0 saturated heterocycles. The number of hydrogen-bond acceptors (Lipinski definition) is 3. The van der Waals surface area contributed by atoms with Gasteiger partial charge in [-0.25, -0.2) is 0 Å². The average molecular weight is 323 g/mol. The van der Waals surface area contributed by atoms with Crippen LogP contribution in [0.3, 0.4) is 0 Å². The molecule has 2 aromatic carbocycles. The lowest BCUT2D eigenvalue weighted by molar-refractivity contribution is 0.408. The lowest BCUT2D eigenvalue weighted by Crippen LogP contribution is -1.85. The van der Waals surface area contributed by atoms with E-state index in [0.717, 1.165) is 22.5 Å². The van der Waals surface area contributed by atoms with E-state index in [1.807, 2.05) is 79.9 Å². The minimum Gasteiger partial charge on any atom is -0.357 e. The van der Waals surface area contributed by atoms with E-state index in [1.165, 1.54) is 0 Å². The smallest absolute Gasteiger partial charge is 0.162 e. The van der Waals surface area contributed by atoms with E-state index in [4.69, 9.17) is 16.1 Å². The summed E-state index contributed by atoms with van der Waals surface area (Å²) in [6.45, 7) is 1.88. The van der Waals surface area contributed by atoms with Crippen LogP contribution in [0.25, 0.3) is 11.8 Å². The highest BCUT2D eigenvalue weighted by Gasteiger charge is 2.04. The second-order valence-electron chi connectivity index (χ2n) is 5.08. The molecule has 0 atom stereocenters. The molecule has 3 aromatic rings. The van der Waals surface area contributed by atoms with E-state index in [-0.39, 0.29) is 0 Å². The number of rotatable bonds is 4. The van der Waals surface area contributed by atoms with Crippen molar-refractivity contribution in [2.75, 3.05) is 0 Å². The van der Waals surface area contributed by atoms with Gasteiger partial charge in [0.2, 0.25) is 0 Å². The highest BCUT2D eigenvalue weighted by atomic mass is 35.5. The topological polar surface area (TPSA) is 38.4 Å². The molecule has 0 bridgehead atoms. The summed E-state index contributed by atoms with van der Waals surface area (Å²) in [7, 11) is 0. The van der Waals surface area contributed by atoms with Gasteiger partial charge in [0.05, 0.1) is 11.4 Å². The molecule has 0 fully saturated rings. The highest BCUT2D eigenvalue weighted by Crippen LogP contribution is 2.22. The van der Waals surface area contributed by atoms with Crippen LogP contribution in [0.1, 0.15) is 22.6 Å². The van der Waals surface area contributed by atoms with Gasteiger partial charge >= 0.3 is 0 Å². The Balaban J connectivity index is 1.97. The average Bonchev–Trinajstić information content (AvgIpc) is 2.98. The van der Waals surface area contributed by atoms with Gasteiger partial charge in [-0.05, 0) is 24.6 Å². The zero-order valence-corrected chi connectivity index (χ0v) is 13.4. The van der Waals surface area contributed by atoms with Crippen molar-refractivity contribution in [1.29, 1.82) is 0 Å². The number of nitrogens with zero attached hydrogens (tertiary/aromatic N) is 2. The maximum absolute atomic E-state index is 5.97. The molecule has 114 valence electrons. The summed E-state index contributed by atoms with van der Waals surface area (Å²) in [6, 6.07) is 19.4. The number of hydrogen-bond donors (Lipinski definition) is 0. The van der Waals surface area contributed by atoms with Gasteiger partial charge in [0.15, 0.2) is 5.76 Å². The van der Waals surface area contributed by atoms with E-state index in [0.29, 0.717) is 10.8 Å². The first kappa shape index (κ1) is 15.3. The van der Waals surface area contributed by atoms with Gasteiger partial charge in [-0.1, -0.05) is 59.2 Å². The van der Waals surface area contributed by atoms with Crippen LogP contribution in [-0.4, -0.2) is 11.4 Å². The molecular formula is C19H15ClN2O. The Bertz CT molecular complexity index is 833.